The van der Waals surface area contributed by atoms with E-state index in [0.717, 1.165) is 19.3 Å². The second kappa shape index (κ2) is 6.35. The Hall–Kier alpha value is -1.43. The normalized spacial score (nSPS) is 21.2. The van der Waals surface area contributed by atoms with Crippen molar-refractivity contribution < 1.29 is 13.6 Å². The van der Waals surface area contributed by atoms with E-state index in [1.807, 2.05) is 6.92 Å². The van der Waals surface area contributed by atoms with Crippen molar-refractivity contribution in [2.45, 2.75) is 51.2 Å². The molecule has 1 amide bonds. The van der Waals surface area contributed by atoms with Crippen LogP contribution in [0.15, 0.2) is 18.3 Å². The van der Waals surface area contributed by atoms with E-state index in [9.17, 15) is 13.6 Å². The van der Waals surface area contributed by atoms with Crippen LogP contribution in [-0.2, 0) is 6.54 Å². The number of amides is 1. The minimum Gasteiger partial charge on any atom is -0.338 e. The average Bonchev–Trinajstić information content (AvgIpc) is 2.85. The standard InChI is InChI=1S/C14H21F2N3O/c1-10(17)11-5-2-3-8-19(11)14(20)12-6-4-7-18(12)9-13(15)16/h4,6-7,10-11,13H,2-3,5,8-9,17H2,1H3. The number of nitrogens with zero attached hydrogens (tertiary/aromatic N) is 2. The summed E-state index contributed by atoms with van der Waals surface area (Å²) in [6.45, 7) is 2.07. The molecule has 1 fully saturated rings. The first-order valence-electron chi connectivity index (χ1n) is 7.00. The number of carbonyl (C=O) groups excluding carboxylic acids is 1. The molecule has 2 heterocycles. The van der Waals surface area contributed by atoms with Gasteiger partial charge in [-0.1, -0.05) is 0 Å². The SMILES string of the molecule is CC(N)C1CCCCN1C(=O)c1cccn1CC(F)F. The summed E-state index contributed by atoms with van der Waals surface area (Å²) in [4.78, 5) is 14.3. The lowest BCUT2D eigenvalue weighted by Gasteiger charge is -2.38. The number of halogens is 2. The molecule has 1 aromatic rings. The number of alkyl halides is 2. The highest BCUT2D eigenvalue weighted by Crippen LogP contribution is 2.22. The van der Waals surface area contributed by atoms with Crippen LogP contribution in [0.25, 0.3) is 0 Å². The van der Waals surface area contributed by atoms with Crippen LogP contribution in [0.3, 0.4) is 0 Å². The molecule has 0 aliphatic carbocycles. The van der Waals surface area contributed by atoms with Crippen molar-refractivity contribution >= 4 is 5.91 Å². The third kappa shape index (κ3) is 3.17. The first kappa shape index (κ1) is 15.0. The van der Waals surface area contributed by atoms with Crippen molar-refractivity contribution in [3.05, 3.63) is 24.0 Å². The van der Waals surface area contributed by atoms with E-state index in [-0.39, 0.29) is 18.0 Å². The largest absolute Gasteiger partial charge is 0.338 e. The van der Waals surface area contributed by atoms with Crippen molar-refractivity contribution in [1.29, 1.82) is 0 Å². The Labute approximate surface area is 117 Å². The van der Waals surface area contributed by atoms with Crippen molar-refractivity contribution in [3.8, 4) is 0 Å². The van der Waals surface area contributed by atoms with Gasteiger partial charge in [0.25, 0.3) is 12.3 Å². The van der Waals surface area contributed by atoms with Crippen LogP contribution < -0.4 is 5.73 Å². The molecule has 6 heteroatoms. The van der Waals surface area contributed by atoms with Crippen LogP contribution in [0.1, 0.15) is 36.7 Å². The Morgan fingerprint density at radius 1 is 1.50 bits per heavy atom. The predicted molar refractivity (Wildman–Crippen MR) is 72.8 cm³/mol. The molecule has 4 nitrogen and oxygen atoms in total. The molecule has 0 saturated carbocycles. The zero-order chi connectivity index (χ0) is 14.7. The van der Waals surface area contributed by atoms with Crippen LogP contribution in [0.4, 0.5) is 8.78 Å². The van der Waals surface area contributed by atoms with Crippen LogP contribution in [-0.4, -0.2) is 40.4 Å². The number of rotatable bonds is 4. The fraction of sp³-hybridized carbons (Fsp3) is 0.643. The third-order valence-electron chi connectivity index (χ3n) is 3.80. The highest BCUT2D eigenvalue weighted by molar-refractivity contribution is 5.93. The summed E-state index contributed by atoms with van der Waals surface area (Å²) in [5.74, 6) is -0.197. The topological polar surface area (TPSA) is 51.3 Å². The van der Waals surface area contributed by atoms with Gasteiger partial charge < -0.3 is 15.2 Å². The fourth-order valence-corrected chi connectivity index (χ4v) is 2.82. The van der Waals surface area contributed by atoms with E-state index in [1.54, 1.807) is 17.0 Å². The first-order valence-corrected chi connectivity index (χ1v) is 7.00. The van der Waals surface area contributed by atoms with E-state index in [0.29, 0.717) is 12.2 Å². The van der Waals surface area contributed by atoms with Crippen LogP contribution in [0.5, 0.6) is 0 Å². The number of nitrogens with two attached hydrogens (primary N) is 1. The lowest BCUT2D eigenvalue weighted by atomic mass is 9.96. The number of likely N-dealkylation sites (tertiary alicyclic amines) is 1. The minimum atomic E-state index is -2.47. The van der Waals surface area contributed by atoms with Gasteiger partial charge in [-0.05, 0) is 38.3 Å². The Morgan fingerprint density at radius 2 is 2.25 bits per heavy atom. The molecule has 2 rings (SSSR count). The number of piperidine rings is 1. The average molecular weight is 285 g/mol. The quantitative estimate of drug-likeness (QED) is 0.921. The third-order valence-corrected chi connectivity index (χ3v) is 3.80. The molecular formula is C14H21F2N3O. The molecule has 2 N–H and O–H groups in total. The number of aromatic nitrogens is 1. The zero-order valence-corrected chi connectivity index (χ0v) is 11.6. The van der Waals surface area contributed by atoms with E-state index >= 15 is 0 Å². The van der Waals surface area contributed by atoms with E-state index in [2.05, 4.69) is 0 Å². The molecule has 1 aliphatic heterocycles. The highest BCUT2D eigenvalue weighted by Gasteiger charge is 2.31. The smallest absolute Gasteiger partial charge is 0.270 e. The summed E-state index contributed by atoms with van der Waals surface area (Å²) in [6.07, 6.45) is 1.90. The van der Waals surface area contributed by atoms with E-state index in [1.165, 1.54) is 10.8 Å². The van der Waals surface area contributed by atoms with Crippen molar-refractivity contribution in [2.24, 2.45) is 5.73 Å². The second-order valence-electron chi connectivity index (χ2n) is 5.36. The minimum absolute atomic E-state index is 0.00819. The fourth-order valence-electron chi connectivity index (χ4n) is 2.82. The molecular weight excluding hydrogens is 264 g/mol. The predicted octanol–water partition coefficient (Wildman–Crippen LogP) is 2.10. The molecule has 2 atom stereocenters. The van der Waals surface area contributed by atoms with Crippen LogP contribution >= 0.6 is 0 Å². The monoisotopic (exact) mass is 285 g/mol. The maximum Gasteiger partial charge on any atom is 0.270 e. The second-order valence-corrected chi connectivity index (χ2v) is 5.36. The lowest BCUT2D eigenvalue weighted by Crippen LogP contribution is -2.52. The van der Waals surface area contributed by atoms with Gasteiger partial charge in [-0.3, -0.25) is 4.79 Å². The van der Waals surface area contributed by atoms with Crippen LogP contribution in [0, 0.1) is 0 Å². The Balaban J connectivity index is 2.19. The molecule has 0 bridgehead atoms. The van der Waals surface area contributed by atoms with Gasteiger partial charge in [0.15, 0.2) is 0 Å². The molecule has 1 saturated heterocycles. The van der Waals surface area contributed by atoms with Gasteiger partial charge in [-0.2, -0.15) is 0 Å². The Kier molecular flexibility index (Phi) is 4.75. The van der Waals surface area contributed by atoms with Crippen molar-refractivity contribution in [2.75, 3.05) is 6.54 Å². The Bertz CT molecular complexity index is 459. The summed E-state index contributed by atoms with van der Waals surface area (Å²) in [7, 11) is 0. The number of hydrogen-bond donors (Lipinski definition) is 1. The number of carbonyl (C=O) groups is 1. The highest BCUT2D eigenvalue weighted by atomic mass is 19.3. The molecule has 0 radical (unpaired) electrons. The summed E-state index contributed by atoms with van der Waals surface area (Å²) < 4.78 is 26.4. The van der Waals surface area contributed by atoms with E-state index < -0.39 is 13.0 Å². The van der Waals surface area contributed by atoms with Gasteiger partial charge >= 0.3 is 0 Å². The van der Waals surface area contributed by atoms with Gasteiger partial charge in [0, 0.05) is 24.8 Å². The molecule has 1 aliphatic rings. The zero-order valence-electron chi connectivity index (χ0n) is 11.6. The van der Waals surface area contributed by atoms with Crippen LogP contribution in [0.2, 0.25) is 0 Å². The van der Waals surface area contributed by atoms with Gasteiger partial charge in [-0.15, -0.1) is 0 Å². The molecule has 1 aromatic heterocycles. The number of hydrogen-bond acceptors (Lipinski definition) is 2. The Morgan fingerprint density at radius 3 is 2.90 bits per heavy atom. The summed E-state index contributed by atoms with van der Waals surface area (Å²) in [6, 6.07) is 3.10. The molecule has 2 unspecified atom stereocenters. The summed E-state index contributed by atoms with van der Waals surface area (Å²) in [5, 5.41) is 0. The molecule has 0 aromatic carbocycles. The maximum absolute atomic E-state index is 12.6. The van der Waals surface area contributed by atoms with Crippen molar-refractivity contribution in [3.63, 3.8) is 0 Å². The molecule has 112 valence electrons. The molecule has 0 spiro atoms. The van der Waals surface area contributed by atoms with Gasteiger partial charge in [0.1, 0.15) is 5.69 Å². The summed E-state index contributed by atoms with van der Waals surface area (Å²) >= 11 is 0. The first-order chi connectivity index (χ1) is 9.50. The maximum atomic E-state index is 12.6. The summed E-state index contributed by atoms with van der Waals surface area (Å²) in [5.41, 5.74) is 6.26. The van der Waals surface area contributed by atoms with E-state index in [4.69, 9.17) is 5.73 Å². The van der Waals surface area contributed by atoms with Gasteiger partial charge in [0.2, 0.25) is 0 Å². The lowest BCUT2D eigenvalue weighted by molar-refractivity contribution is 0.0565. The van der Waals surface area contributed by atoms with Gasteiger partial charge in [0.05, 0.1) is 6.54 Å². The molecule has 20 heavy (non-hydrogen) atoms. The van der Waals surface area contributed by atoms with Gasteiger partial charge in [-0.25, -0.2) is 8.78 Å². The van der Waals surface area contributed by atoms with Crippen molar-refractivity contribution in [1.82, 2.24) is 9.47 Å².